The molecular formula is C22H23FO5. The van der Waals surface area contributed by atoms with Crippen LogP contribution in [0.2, 0.25) is 0 Å². The van der Waals surface area contributed by atoms with Crippen molar-refractivity contribution in [2.75, 3.05) is 7.11 Å². The fourth-order valence-electron chi connectivity index (χ4n) is 3.56. The minimum atomic E-state index is -1.06. The summed E-state index contributed by atoms with van der Waals surface area (Å²) in [7, 11) is 1.10. The molecule has 0 saturated heterocycles. The van der Waals surface area contributed by atoms with Gasteiger partial charge in [0.05, 0.1) is 7.11 Å². The van der Waals surface area contributed by atoms with Gasteiger partial charge >= 0.3 is 5.97 Å². The molecule has 0 atom stereocenters. The molecule has 1 N–H and O–H groups in total. The van der Waals surface area contributed by atoms with Gasteiger partial charge in [-0.1, -0.05) is 31.4 Å². The Labute approximate surface area is 162 Å². The second-order valence-corrected chi connectivity index (χ2v) is 7.03. The molecule has 1 fully saturated rings. The molecule has 1 aromatic carbocycles. The maximum atomic E-state index is 13.2. The van der Waals surface area contributed by atoms with Gasteiger partial charge in [0.1, 0.15) is 11.6 Å². The van der Waals surface area contributed by atoms with Crippen molar-refractivity contribution in [1.29, 1.82) is 0 Å². The molecule has 0 radical (unpaired) electrons. The van der Waals surface area contributed by atoms with Crippen molar-refractivity contribution in [3.8, 4) is 0 Å². The predicted molar refractivity (Wildman–Crippen MR) is 101 cm³/mol. The van der Waals surface area contributed by atoms with E-state index in [4.69, 9.17) is 4.42 Å². The van der Waals surface area contributed by atoms with Crippen molar-refractivity contribution < 1.29 is 28.2 Å². The molecule has 1 saturated carbocycles. The summed E-state index contributed by atoms with van der Waals surface area (Å²) in [5.74, 6) is -1.60. The lowest BCUT2D eigenvalue weighted by molar-refractivity contribution is -0.149. The Hall–Kier alpha value is -2.89. The van der Waals surface area contributed by atoms with E-state index in [0.717, 1.165) is 50.2 Å². The molecular weight excluding hydrogens is 363 g/mol. The number of ether oxygens (including phenoxy) is 1. The number of benzene rings is 1. The molecule has 1 aliphatic rings. The largest absolute Gasteiger partial charge is 0.504 e. The summed E-state index contributed by atoms with van der Waals surface area (Å²) in [6.45, 7) is 0. The van der Waals surface area contributed by atoms with Gasteiger partial charge in [0, 0.05) is 24.0 Å². The monoisotopic (exact) mass is 386 g/mol. The zero-order valence-electron chi connectivity index (χ0n) is 15.7. The fraction of sp³-hybridized carbons (Fsp3) is 0.364. The van der Waals surface area contributed by atoms with Crippen LogP contribution in [0.3, 0.4) is 0 Å². The third kappa shape index (κ3) is 4.68. The highest BCUT2D eigenvalue weighted by atomic mass is 19.1. The van der Waals surface area contributed by atoms with Crippen LogP contribution >= 0.6 is 0 Å². The van der Waals surface area contributed by atoms with Crippen LogP contribution in [0.4, 0.5) is 4.39 Å². The van der Waals surface area contributed by atoms with Gasteiger partial charge in [-0.2, -0.15) is 0 Å². The molecule has 6 heteroatoms. The average Bonchev–Trinajstić information content (AvgIpc) is 3.13. The zero-order chi connectivity index (χ0) is 20.1. The van der Waals surface area contributed by atoms with E-state index in [1.807, 2.05) is 6.07 Å². The van der Waals surface area contributed by atoms with Crippen molar-refractivity contribution in [2.45, 2.75) is 44.4 Å². The summed E-state index contributed by atoms with van der Waals surface area (Å²) in [5, 5.41) is 10.4. The first kappa shape index (κ1) is 19.9. The molecule has 1 aliphatic carbocycles. The number of carbonyl (C=O) groups excluding carboxylic acids is 2. The van der Waals surface area contributed by atoms with E-state index in [1.165, 1.54) is 18.6 Å². The number of ketones is 1. The van der Waals surface area contributed by atoms with E-state index in [9.17, 15) is 19.1 Å². The van der Waals surface area contributed by atoms with Crippen molar-refractivity contribution in [3.63, 3.8) is 0 Å². The van der Waals surface area contributed by atoms with Crippen molar-refractivity contribution in [3.05, 3.63) is 64.9 Å². The highest BCUT2D eigenvalue weighted by Gasteiger charge is 2.24. The quantitative estimate of drug-likeness (QED) is 0.337. The summed E-state index contributed by atoms with van der Waals surface area (Å²) >= 11 is 0. The van der Waals surface area contributed by atoms with Crippen LogP contribution in [0.5, 0.6) is 0 Å². The van der Waals surface area contributed by atoms with E-state index in [-0.39, 0.29) is 17.5 Å². The van der Waals surface area contributed by atoms with Crippen LogP contribution in [0.25, 0.3) is 5.76 Å². The summed E-state index contributed by atoms with van der Waals surface area (Å²) in [6, 6.07) is 7.95. The minimum absolute atomic E-state index is 0.155. The highest BCUT2D eigenvalue weighted by Crippen LogP contribution is 2.36. The molecule has 2 aromatic rings. The molecule has 148 valence electrons. The molecule has 1 heterocycles. The zero-order valence-corrected chi connectivity index (χ0v) is 15.7. The van der Waals surface area contributed by atoms with Crippen LogP contribution in [0.1, 0.15) is 60.7 Å². The lowest BCUT2D eigenvalue weighted by Gasteiger charge is -2.19. The van der Waals surface area contributed by atoms with E-state index < -0.39 is 17.5 Å². The molecule has 3 rings (SSSR count). The molecule has 1 aromatic heterocycles. The second kappa shape index (κ2) is 8.87. The first-order chi connectivity index (χ1) is 13.5. The Morgan fingerprint density at radius 1 is 1.21 bits per heavy atom. The second-order valence-electron chi connectivity index (χ2n) is 7.03. The number of aliphatic hydroxyl groups excluding tert-OH is 1. The number of hydrogen-bond acceptors (Lipinski definition) is 5. The van der Waals surface area contributed by atoms with Gasteiger partial charge in [-0.25, -0.2) is 9.18 Å². The van der Waals surface area contributed by atoms with Crippen molar-refractivity contribution in [1.82, 2.24) is 0 Å². The van der Waals surface area contributed by atoms with E-state index in [0.29, 0.717) is 12.0 Å². The third-order valence-corrected chi connectivity index (χ3v) is 5.03. The number of furan rings is 1. The lowest BCUT2D eigenvalue weighted by Crippen LogP contribution is -2.13. The molecule has 28 heavy (non-hydrogen) atoms. The Kier molecular flexibility index (Phi) is 6.29. The Bertz CT molecular complexity index is 873. The van der Waals surface area contributed by atoms with Crippen LogP contribution in [0, 0.1) is 5.82 Å². The molecule has 0 unspecified atom stereocenters. The van der Waals surface area contributed by atoms with E-state index in [1.54, 1.807) is 12.1 Å². The fourth-order valence-corrected chi connectivity index (χ4v) is 3.56. The van der Waals surface area contributed by atoms with Crippen molar-refractivity contribution >= 4 is 17.5 Å². The van der Waals surface area contributed by atoms with Gasteiger partial charge in [0.15, 0.2) is 11.5 Å². The molecule has 0 spiro atoms. The number of halogens is 1. The molecule has 0 bridgehead atoms. The van der Waals surface area contributed by atoms with Crippen LogP contribution < -0.4 is 0 Å². The average molecular weight is 386 g/mol. The van der Waals surface area contributed by atoms with Gasteiger partial charge < -0.3 is 14.3 Å². The predicted octanol–water partition coefficient (Wildman–Crippen LogP) is 4.70. The topological polar surface area (TPSA) is 76.7 Å². The van der Waals surface area contributed by atoms with Crippen LogP contribution in [0.15, 0.2) is 40.8 Å². The Morgan fingerprint density at radius 2 is 1.89 bits per heavy atom. The standard InChI is InChI=1S/C22H23FO5/c1-27-22(26)19(25)13-18(24)21-16(11-14-7-9-17(23)10-8-14)12-20(28-21)15-5-3-2-4-6-15/h7-10,12-13,15,24H,2-6,11H2,1H3/b18-13-. The summed E-state index contributed by atoms with van der Waals surface area (Å²) in [4.78, 5) is 23.1. The summed E-state index contributed by atoms with van der Waals surface area (Å²) < 4.78 is 23.5. The number of methoxy groups -OCH3 is 1. The Morgan fingerprint density at radius 3 is 2.54 bits per heavy atom. The van der Waals surface area contributed by atoms with Gasteiger partial charge in [0.25, 0.3) is 5.78 Å². The Balaban J connectivity index is 1.94. The molecule has 5 nitrogen and oxygen atoms in total. The summed E-state index contributed by atoms with van der Waals surface area (Å²) in [6.07, 6.45) is 6.67. The number of rotatable bonds is 6. The van der Waals surface area contributed by atoms with Gasteiger partial charge in [-0.15, -0.1) is 0 Å². The lowest BCUT2D eigenvalue weighted by atomic mass is 9.87. The van der Waals surface area contributed by atoms with Crippen molar-refractivity contribution in [2.24, 2.45) is 0 Å². The smallest absolute Gasteiger partial charge is 0.378 e. The number of carbonyl (C=O) groups is 2. The number of hydrogen-bond donors (Lipinski definition) is 1. The third-order valence-electron chi connectivity index (χ3n) is 5.03. The first-order valence-corrected chi connectivity index (χ1v) is 9.38. The summed E-state index contributed by atoms with van der Waals surface area (Å²) in [5.41, 5.74) is 1.52. The number of esters is 1. The van der Waals surface area contributed by atoms with E-state index in [2.05, 4.69) is 4.74 Å². The normalized spacial score (nSPS) is 15.4. The SMILES string of the molecule is COC(=O)C(=O)/C=C(\O)c1oc(C2CCCCC2)cc1Cc1ccc(F)cc1. The number of aliphatic hydroxyl groups is 1. The van der Waals surface area contributed by atoms with E-state index >= 15 is 0 Å². The van der Waals surface area contributed by atoms with Crippen LogP contribution in [-0.4, -0.2) is 24.0 Å². The maximum Gasteiger partial charge on any atom is 0.378 e. The minimum Gasteiger partial charge on any atom is -0.504 e. The van der Waals surface area contributed by atoms with Gasteiger partial charge in [-0.3, -0.25) is 4.79 Å². The first-order valence-electron chi connectivity index (χ1n) is 9.38. The maximum absolute atomic E-state index is 13.2. The van der Waals surface area contributed by atoms with Crippen LogP contribution in [-0.2, 0) is 20.7 Å². The van der Waals surface area contributed by atoms with Gasteiger partial charge in [0.2, 0.25) is 0 Å². The highest BCUT2D eigenvalue weighted by molar-refractivity contribution is 6.39. The molecule has 0 aliphatic heterocycles. The van der Waals surface area contributed by atoms with Gasteiger partial charge in [-0.05, 0) is 36.6 Å². The molecule has 0 amide bonds.